The van der Waals surface area contributed by atoms with Crippen LogP contribution in [0.3, 0.4) is 0 Å². The van der Waals surface area contributed by atoms with Gasteiger partial charge < -0.3 is 9.64 Å². The van der Waals surface area contributed by atoms with Gasteiger partial charge in [-0.15, -0.1) is 0 Å². The lowest BCUT2D eigenvalue weighted by atomic mass is 9.98. The maximum Gasteiger partial charge on any atom is 0.232 e. The molecule has 1 aliphatic heterocycles. The number of fused-ring (bicyclic) bond motifs is 1. The molecular formula is C17H16F2N4OS. The quantitative estimate of drug-likeness (QED) is 0.709. The third-order valence-corrected chi connectivity index (χ3v) is 5.36. The molecular weight excluding hydrogens is 346 g/mol. The summed E-state index contributed by atoms with van der Waals surface area (Å²) in [4.78, 5) is 14.5. The zero-order chi connectivity index (χ0) is 17.2. The molecule has 8 heteroatoms. The summed E-state index contributed by atoms with van der Waals surface area (Å²) in [5, 5.41) is 0.743. The summed E-state index contributed by atoms with van der Waals surface area (Å²) in [5.41, 5.74) is 0.245. The van der Waals surface area contributed by atoms with Crippen LogP contribution in [0.15, 0.2) is 30.7 Å². The Morgan fingerprint density at radius 2 is 2.04 bits per heavy atom. The Morgan fingerprint density at radius 3 is 2.80 bits per heavy atom. The standard InChI is InChI=1S/C17H16F2N4OS/c18-12-7-13(19)16-14(8-12)25-17(22-16)23-5-1-11(2-6-23)10-24-15-9-20-3-4-21-15/h3-4,7-9,11H,1-2,5-6,10H2. The number of hydrogen-bond donors (Lipinski definition) is 0. The smallest absolute Gasteiger partial charge is 0.232 e. The first kappa shape index (κ1) is 16.1. The van der Waals surface area contributed by atoms with Crippen molar-refractivity contribution in [2.24, 2.45) is 5.92 Å². The minimum Gasteiger partial charge on any atom is -0.476 e. The van der Waals surface area contributed by atoms with E-state index in [1.54, 1.807) is 18.6 Å². The predicted molar refractivity (Wildman–Crippen MR) is 92.0 cm³/mol. The number of aromatic nitrogens is 3. The van der Waals surface area contributed by atoms with Gasteiger partial charge in [0, 0.05) is 31.5 Å². The summed E-state index contributed by atoms with van der Waals surface area (Å²) >= 11 is 1.33. The molecule has 0 aliphatic carbocycles. The first-order valence-electron chi connectivity index (χ1n) is 8.08. The summed E-state index contributed by atoms with van der Waals surface area (Å²) < 4.78 is 33.3. The third-order valence-electron chi connectivity index (χ3n) is 4.29. The van der Waals surface area contributed by atoms with Gasteiger partial charge in [-0.3, -0.25) is 4.98 Å². The van der Waals surface area contributed by atoms with E-state index in [0.717, 1.165) is 37.1 Å². The fraction of sp³-hybridized carbons (Fsp3) is 0.353. The topological polar surface area (TPSA) is 51.1 Å². The van der Waals surface area contributed by atoms with Gasteiger partial charge in [-0.25, -0.2) is 18.7 Å². The monoisotopic (exact) mass is 362 g/mol. The van der Waals surface area contributed by atoms with Gasteiger partial charge in [0.2, 0.25) is 5.88 Å². The van der Waals surface area contributed by atoms with E-state index in [2.05, 4.69) is 19.9 Å². The van der Waals surface area contributed by atoms with Crippen LogP contribution in [0.1, 0.15) is 12.8 Å². The molecule has 0 unspecified atom stereocenters. The Hall–Kier alpha value is -2.35. The molecule has 0 radical (unpaired) electrons. The Balaban J connectivity index is 1.38. The number of thiazole rings is 1. The molecule has 1 saturated heterocycles. The highest BCUT2D eigenvalue weighted by atomic mass is 32.1. The summed E-state index contributed by atoms with van der Waals surface area (Å²) in [7, 11) is 0. The van der Waals surface area contributed by atoms with Gasteiger partial charge in [-0.1, -0.05) is 11.3 Å². The molecule has 1 aromatic carbocycles. The van der Waals surface area contributed by atoms with Gasteiger partial charge in [0.25, 0.3) is 0 Å². The van der Waals surface area contributed by atoms with E-state index in [0.29, 0.717) is 23.1 Å². The molecule has 0 spiro atoms. The van der Waals surface area contributed by atoms with E-state index in [1.807, 2.05) is 0 Å². The second-order valence-electron chi connectivity index (χ2n) is 6.02. The molecule has 0 amide bonds. The molecule has 1 aliphatic rings. The first-order chi connectivity index (χ1) is 12.2. The highest BCUT2D eigenvalue weighted by molar-refractivity contribution is 7.22. The number of nitrogens with zero attached hydrogens (tertiary/aromatic N) is 4. The average Bonchev–Trinajstić information content (AvgIpc) is 3.06. The van der Waals surface area contributed by atoms with Crippen molar-refractivity contribution >= 4 is 26.7 Å². The fourth-order valence-electron chi connectivity index (χ4n) is 2.93. The Morgan fingerprint density at radius 1 is 1.20 bits per heavy atom. The van der Waals surface area contributed by atoms with Crippen molar-refractivity contribution in [3.63, 3.8) is 0 Å². The van der Waals surface area contributed by atoms with E-state index >= 15 is 0 Å². The van der Waals surface area contributed by atoms with E-state index in [4.69, 9.17) is 4.74 Å². The van der Waals surface area contributed by atoms with Gasteiger partial charge in [0.15, 0.2) is 10.9 Å². The molecule has 0 bridgehead atoms. The maximum absolute atomic E-state index is 13.8. The van der Waals surface area contributed by atoms with Crippen LogP contribution in [0, 0.1) is 17.6 Å². The van der Waals surface area contributed by atoms with Crippen molar-refractivity contribution in [3.05, 3.63) is 42.4 Å². The Bertz CT molecular complexity index is 866. The Kier molecular flexibility index (Phi) is 4.44. The number of piperidine rings is 1. The maximum atomic E-state index is 13.8. The molecule has 2 aromatic heterocycles. The van der Waals surface area contributed by atoms with Crippen molar-refractivity contribution in [1.82, 2.24) is 15.0 Å². The van der Waals surface area contributed by atoms with Crippen LogP contribution in [-0.4, -0.2) is 34.6 Å². The number of benzene rings is 1. The van der Waals surface area contributed by atoms with Crippen LogP contribution in [0.2, 0.25) is 0 Å². The summed E-state index contributed by atoms with van der Waals surface area (Å²) in [6.07, 6.45) is 6.72. The summed E-state index contributed by atoms with van der Waals surface area (Å²) in [6.45, 7) is 2.24. The largest absolute Gasteiger partial charge is 0.476 e. The van der Waals surface area contributed by atoms with Crippen LogP contribution in [-0.2, 0) is 0 Å². The van der Waals surface area contributed by atoms with Crippen LogP contribution >= 0.6 is 11.3 Å². The Labute approximate surface area is 147 Å². The zero-order valence-electron chi connectivity index (χ0n) is 13.4. The van der Waals surface area contributed by atoms with Crippen LogP contribution < -0.4 is 9.64 Å². The van der Waals surface area contributed by atoms with Gasteiger partial charge in [0.1, 0.15) is 11.3 Å². The highest BCUT2D eigenvalue weighted by Crippen LogP contribution is 2.33. The lowest BCUT2D eigenvalue weighted by molar-refractivity contribution is 0.215. The van der Waals surface area contributed by atoms with Crippen LogP contribution in [0.4, 0.5) is 13.9 Å². The molecule has 4 rings (SSSR count). The van der Waals surface area contributed by atoms with E-state index in [-0.39, 0.29) is 5.52 Å². The zero-order valence-corrected chi connectivity index (χ0v) is 14.2. The van der Waals surface area contributed by atoms with Crippen molar-refractivity contribution in [2.75, 3.05) is 24.6 Å². The molecule has 130 valence electrons. The van der Waals surface area contributed by atoms with Crippen molar-refractivity contribution < 1.29 is 13.5 Å². The molecule has 25 heavy (non-hydrogen) atoms. The fourth-order valence-corrected chi connectivity index (χ4v) is 3.99. The second kappa shape index (κ2) is 6.87. The molecule has 0 saturated carbocycles. The first-order valence-corrected chi connectivity index (χ1v) is 8.90. The van der Waals surface area contributed by atoms with Gasteiger partial charge >= 0.3 is 0 Å². The van der Waals surface area contributed by atoms with Gasteiger partial charge in [0.05, 0.1) is 17.5 Å². The van der Waals surface area contributed by atoms with Crippen LogP contribution in [0.25, 0.3) is 10.2 Å². The van der Waals surface area contributed by atoms with Crippen molar-refractivity contribution in [2.45, 2.75) is 12.8 Å². The second-order valence-corrected chi connectivity index (χ2v) is 7.02. The van der Waals surface area contributed by atoms with Gasteiger partial charge in [-0.2, -0.15) is 0 Å². The lowest BCUT2D eigenvalue weighted by Gasteiger charge is -2.31. The van der Waals surface area contributed by atoms with E-state index in [1.165, 1.54) is 17.4 Å². The minimum atomic E-state index is -0.607. The van der Waals surface area contributed by atoms with Crippen molar-refractivity contribution in [3.8, 4) is 5.88 Å². The molecule has 1 fully saturated rings. The SMILES string of the molecule is Fc1cc(F)c2nc(N3CCC(COc4cnccn4)CC3)sc2c1. The normalized spacial score (nSPS) is 15.7. The van der Waals surface area contributed by atoms with E-state index in [9.17, 15) is 8.78 Å². The number of hydrogen-bond acceptors (Lipinski definition) is 6. The third kappa shape index (κ3) is 3.53. The number of anilines is 1. The number of rotatable bonds is 4. The van der Waals surface area contributed by atoms with Crippen LogP contribution in [0.5, 0.6) is 5.88 Å². The predicted octanol–water partition coefficient (Wildman–Crippen LogP) is 3.66. The number of halogens is 2. The average molecular weight is 362 g/mol. The van der Waals surface area contributed by atoms with Gasteiger partial charge in [-0.05, 0) is 24.8 Å². The molecule has 5 nitrogen and oxygen atoms in total. The molecule has 0 N–H and O–H groups in total. The molecule has 3 aromatic rings. The van der Waals surface area contributed by atoms with E-state index < -0.39 is 11.6 Å². The molecule has 3 heterocycles. The summed E-state index contributed by atoms with van der Waals surface area (Å²) in [5.74, 6) is -0.208. The van der Waals surface area contributed by atoms with Crippen molar-refractivity contribution in [1.29, 1.82) is 0 Å². The number of ether oxygens (including phenoxy) is 1. The molecule has 0 atom stereocenters. The lowest BCUT2D eigenvalue weighted by Crippen LogP contribution is -2.35. The summed E-state index contributed by atoms with van der Waals surface area (Å²) in [6, 6.07) is 2.21. The highest BCUT2D eigenvalue weighted by Gasteiger charge is 2.23. The minimum absolute atomic E-state index is 0.245.